The molecule has 0 saturated carbocycles. The molecule has 0 bridgehead atoms. The van der Waals surface area contributed by atoms with E-state index in [1.807, 2.05) is 0 Å². The van der Waals surface area contributed by atoms with E-state index in [0.717, 1.165) is 0 Å². The first-order valence-electron chi connectivity index (χ1n) is 9.69. The van der Waals surface area contributed by atoms with Crippen molar-refractivity contribution in [2.24, 2.45) is 0 Å². The third-order valence-corrected chi connectivity index (χ3v) is 8.81. The molecule has 0 aliphatic carbocycles. The summed E-state index contributed by atoms with van der Waals surface area (Å²) in [4.78, 5) is 0.788. The van der Waals surface area contributed by atoms with Crippen molar-refractivity contribution in [3.05, 3.63) is 54.3 Å². The number of halogens is 1. The van der Waals surface area contributed by atoms with Gasteiger partial charge in [0.25, 0.3) is 0 Å². The normalized spacial score (nSPS) is 11.9. The highest BCUT2D eigenvalue weighted by Gasteiger charge is 2.23. The Morgan fingerprint density at radius 2 is 1.74 bits per heavy atom. The Balaban J connectivity index is 1.71. The number of rotatable bonds is 10. The molecular weight excluding hydrogens is 457 g/mol. The number of hydrogen-bond acceptors (Lipinski definition) is 7. The number of benzene rings is 2. The quantitative estimate of drug-likeness (QED) is 0.268. The largest absolute Gasteiger partial charge is 0.335 e. The molecule has 2 N–H and O–H groups in total. The molecule has 1 heterocycles. The molecule has 1 aromatic heterocycles. The summed E-state index contributed by atoms with van der Waals surface area (Å²) in [7, 11) is -3.59. The second kappa shape index (κ2) is 10.5. The smallest absolute Gasteiger partial charge is 0.243 e. The maximum Gasteiger partial charge on any atom is 0.243 e. The van der Waals surface area contributed by atoms with Crippen LogP contribution < -0.4 is 5.84 Å². The van der Waals surface area contributed by atoms with Crippen LogP contribution in [0.25, 0.3) is 11.4 Å². The molecule has 0 saturated heterocycles. The molecule has 7 nitrogen and oxygen atoms in total. The standard InChI is InChI=1S/C20H24FN5O2S3/c1-3-25(4-2)31(27,28)16-9-7-8-15(14-16)19-23-24-20(26(19)22)30-13-12-29-18-11-6-5-10-17(18)21/h5-11,14H,3-4,12-13,22H2,1-2H3. The van der Waals surface area contributed by atoms with Gasteiger partial charge in [-0.05, 0) is 24.3 Å². The molecule has 0 spiro atoms. The van der Waals surface area contributed by atoms with Crippen molar-refractivity contribution in [2.45, 2.75) is 28.8 Å². The van der Waals surface area contributed by atoms with E-state index in [-0.39, 0.29) is 10.7 Å². The third kappa shape index (κ3) is 5.40. The fourth-order valence-corrected chi connectivity index (χ4v) is 6.21. The lowest BCUT2D eigenvalue weighted by atomic mass is 10.2. The van der Waals surface area contributed by atoms with Crippen molar-refractivity contribution in [3.8, 4) is 11.4 Å². The lowest BCUT2D eigenvalue weighted by molar-refractivity contribution is 0.445. The SMILES string of the molecule is CCN(CC)S(=O)(=O)c1cccc(-c2nnc(SCCSc3ccccc3F)n2N)c1. The highest BCUT2D eigenvalue weighted by molar-refractivity contribution is 8.02. The molecule has 2 aromatic carbocycles. The van der Waals surface area contributed by atoms with Crippen molar-refractivity contribution in [3.63, 3.8) is 0 Å². The van der Waals surface area contributed by atoms with Crippen molar-refractivity contribution in [1.29, 1.82) is 0 Å². The highest BCUT2D eigenvalue weighted by Crippen LogP contribution is 2.27. The van der Waals surface area contributed by atoms with Crippen LogP contribution in [0, 0.1) is 5.82 Å². The first-order valence-corrected chi connectivity index (χ1v) is 13.1. The van der Waals surface area contributed by atoms with Gasteiger partial charge in [-0.15, -0.1) is 22.0 Å². The Kier molecular flexibility index (Phi) is 7.98. The van der Waals surface area contributed by atoms with E-state index in [4.69, 9.17) is 5.84 Å². The first-order chi connectivity index (χ1) is 14.9. The van der Waals surface area contributed by atoms with Crippen molar-refractivity contribution >= 4 is 33.5 Å². The summed E-state index contributed by atoms with van der Waals surface area (Å²) in [5.41, 5.74) is 0.566. The average Bonchev–Trinajstić information content (AvgIpc) is 3.13. The summed E-state index contributed by atoms with van der Waals surface area (Å²) in [6, 6.07) is 13.2. The molecule has 166 valence electrons. The molecule has 0 amide bonds. The van der Waals surface area contributed by atoms with Gasteiger partial charge in [0.15, 0.2) is 5.82 Å². The van der Waals surface area contributed by atoms with E-state index in [2.05, 4.69) is 10.2 Å². The lowest BCUT2D eigenvalue weighted by Gasteiger charge is -2.18. The van der Waals surface area contributed by atoms with Gasteiger partial charge in [-0.3, -0.25) is 0 Å². The number of hydrogen-bond donors (Lipinski definition) is 1. The maximum atomic E-state index is 13.7. The number of nitrogen functional groups attached to an aromatic ring is 1. The maximum absolute atomic E-state index is 13.7. The van der Waals surface area contributed by atoms with Crippen LogP contribution in [-0.2, 0) is 10.0 Å². The van der Waals surface area contributed by atoms with Crippen molar-refractivity contribution in [1.82, 2.24) is 19.2 Å². The zero-order valence-electron chi connectivity index (χ0n) is 17.2. The van der Waals surface area contributed by atoms with Crippen LogP contribution in [0.4, 0.5) is 4.39 Å². The van der Waals surface area contributed by atoms with Crippen molar-refractivity contribution < 1.29 is 12.8 Å². The summed E-state index contributed by atoms with van der Waals surface area (Å²) in [5, 5.41) is 8.76. The minimum atomic E-state index is -3.59. The Bertz CT molecular complexity index is 1130. The summed E-state index contributed by atoms with van der Waals surface area (Å²) >= 11 is 2.83. The number of thioether (sulfide) groups is 2. The summed E-state index contributed by atoms with van der Waals surface area (Å²) < 4.78 is 42.0. The molecule has 0 unspecified atom stereocenters. The predicted molar refractivity (Wildman–Crippen MR) is 124 cm³/mol. The summed E-state index contributed by atoms with van der Waals surface area (Å²) in [6.07, 6.45) is 0. The lowest BCUT2D eigenvalue weighted by Crippen LogP contribution is -2.30. The molecular formula is C20H24FN5O2S3. The molecule has 0 fully saturated rings. The molecule has 0 atom stereocenters. The Morgan fingerprint density at radius 1 is 1.03 bits per heavy atom. The van der Waals surface area contributed by atoms with Crippen LogP contribution in [0.1, 0.15) is 13.8 Å². The van der Waals surface area contributed by atoms with E-state index in [0.29, 0.717) is 46.0 Å². The Hall–Kier alpha value is -2.08. The fourth-order valence-electron chi connectivity index (χ4n) is 2.93. The van der Waals surface area contributed by atoms with Crippen LogP contribution in [0.3, 0.4) is 0 Å². The van der Waals surface area contributed by atoms with Gasteiger partial charge in [0.2, 0.25) is 15.2 Å². The van der Waals surface area contributed by atoms with Crippen molar-refractivity contribution in [2.75, 3.05) is 30.4 Å². The first kappa shape index (κ1) is 23.6. The number of sulfonamides is 1. The number of nitrogens with zero attached hydrogens (tertiary/aromatic N) is 4. The van der Waals surface area contributed by atoms with Gasteiger partial charge < -0.3 is 5.84 Å². The monoisotopic (exact) mass is 481 g/mol. The van der Waals surface area contributed by atoms with E-state index >= 15 is 0 Å². The summed E-state index contributed by atoms with van der Waals surface area (Å²) in [5.74, 6) is 7.64. The molecule has 0 aliphatic heterocycles. The molecule has 0 radical (unpaired) electrons. The van der Waals surface area contributed by atoms with Crippen LogP contribution in [-0.4, -0.2) is 52.2 Å². The van der Waals surface area contributed by atoms with Gasteiger partial charge >= 0.3 is 0 Å². The van der Waals surface area contributed by atoms with Crippen LogP contribution >= 0.6 is 23.5 Å². The van der Waals surface area contributed by atoms with E-state index < -0.39 is 10.0 Å². The van der Waals surface area contributed by atoms with Gasteiger partial charge in [-0.2, -0.15) is 4.31 Å². The Labute approximate surface area is 190 Å². The minimum absolute atomic E-state index is 0.187. The highest BCUT2D eigenvalue weighted by atomic mass is 32.2. The van der Waals surface area contributed by atoms with E-state index in [1.165, 1.54) is 38.6 Å². The van der Waals surface area contributed by atoms with E-state index in [1.54, 1.807) is 56.3 Å². The second-order valence-electron chi connectivity index (χ2n) is 6.42. The predicted octanol–water partition coefficient (Wildman–Crippen LogP) is 3.71. The fraction of sp³-hybridized carbons (Fsp3) is 0.300. The molecule has 0 aliphatic rings. The zero-order valence-corrected chi connectivity index (χ0v) is 19.7. The van der Waals surface area contributed by atoms with Gasteiger partial charge in [-0.1, -0.05) is 49.9 Å². The van der Waals surface area contributed by atoms with E-state index in [9.17, 15) is 12.8 Å². The van der Waals surface area contributed by atoms with Gasteiger partial charge in [0.1, 0.15) is 5.82 Å². The average molecular weight is 482 g/mol. The molecule has 3 rings (SSSR count). The zero-order chi connectivity index (χ0) is 22.4. The van der Waals surface area contributed by atoms with Crippen LogP contribution in [0.5, 0.6) is 0 Å². The molecule has 3 aromatic rings. The Morgan fingerprint density at radius 3 is 2.45 bits per heavy atom. The van der Waals surface area contributed by atoms with Gasteiger partial charge in [0.05, 0.1) is 4.90 Å². The topological polar surface area (TPSA) is 94.1 Å². The summed E-state index contributed by atoms with van der Waals surface area (Å²) in [6.45, 7) is 4.38. The molecule has 11 heteroatoms. The second-order valence-corrected chi connectivity index (χ2v) is 10.6. The number of nitrogens with two attached hydrogens (primary N) is 1. The third-order valence-electron chi connectivity index (χ3n) is 4.51. The van der Waals surface area contributed by atoms with Gasteiger partial charge in [-0.25, -0.2) is 17.5 Å². The van der Waals surface area contributed by atoms with Crippen LogP contribution in [0.2, 0.25) is 0 Å². The van der Waals surface area contributed by atoms with Gasteiger partial charge in [0, 0.05) is 35.1 Å². The van der Waals surface area contributed by atoms with Crippen LogP contribution in [0.15, 0.2) is 63.5 Å². The molecule has 31 heavy (non-hydrogen) atoms. The number of aromatic nitrogens is 3. The minimum Gasteiger partial charge on any atom is -0.335 e.